The summed E-state index contributed by atoms with van der Waals surface area (Å²) in [5.74, 6) is 2.72. The Labute approximate surface area is 386 Å². The van der Waals surface area contributed by atoms with E-state index < -0.39 is 5.97 Å². The van der Waals surface area contributed by atoms with Crippen LogP contribution in [0.2, 0.25) is 0 Å². The molecule has 14 nitrogen and oxygen atoms in total. The van der Waals surface area contributed by atoms with Gasteiger partial charge in [-0.15, -0.1) is 0 Å². The molecule has 5 aliphatic rings. The number of methoxy groups -OCH3 is 1. The molecular weight excluding hydrogens is 853 g/mol. The Bertz CT molecular complexity index is 2900. The summed E-state index contributed by atoms with van der Waals surface area (Å²) >= 11 is 1.40. The van der Waals surface area contributed by atoms with E-state index in [1.165, 1.54) is 57.0 Å². The maximum absolute atomic E-state index is 14.1. The summed E-state index contributed by atoms with van der Waals surface area (Å²) in [6.07, 6.45) is 14.1. The van der Waals surface area contributed by atoms with Gasteiger partial charge in [0.1, 0.15) is 29.8 Å². The first kappa shape index (κ1) is 41.9. The van der Waals surface area contributed by atoms with E-state index in [-0.39, 0.29) is 24.7 Å². The summed E-state index contributed by atoms with van der Waals surface area (Å²) in [5, 5.41) is 11.9. The SMILES string of the molecule is COC(=O)c1c(-c2cnn(CC34CC5CC(CC(C5)C3)C4)c2C)ccn2c(Nc3cc(OC4CCN(C(=O)OCc5ccccc5)CC4)ccc3C(=O)Nc3nc4ccccc4s3)cnc12. The topological polar surface area (TPSA) is 154 Å². The molecule has 4 aliphatic carbocycles. The number of anilines is 3. The minimum atomic E-state index is -0.511. The number of esters is 1. The third-order valence-corrected chi connectivity index (χ3v) is 15.3. The van der Waals surface area contributed by atoms with Crippen molar-refractivity contribution in [2.24, 2.45) is 23.2 Å². The highest BCUT2D eigenvalue weighted by Gasteiger charge is 2.51. The van der Waals surface area contributed by atoms with Crippen LogP contribution in [0.25, 0.3) is 27.0 Å². The van der Waals surface area contributed by atoms with E-state index in [2.05, 4.69) is 27.2 Å². The number of ether oxygens (including phenoxy) is 3. The molecule has 338 valence electrons. The van der Waals surface area contributed by atoms with Crippen LogP contribution in [-0.2, 0) is 22.6 Å². The molecule has 0 unspecified atom stereocenters. The van der Waals surface area contributed by atoms with Crippen molar-refractivity contribution in [3.05, 3.63) is 120 Å². The molecule has 1 aliphatic heterocycles. The second-order valence-corrected chi connectivity index (χ2v) is 19.8. The fourth-order valence-corrected chi connectivity index (χ4v) is 12.5. The van der Waals surface area contributed by atoms with Gasteiger partial charge < -0.3 is 24.4 Å². The number of rotatable bonds is 12. The van der Waals surface area contributed by atoms with Crippen LogP contribution >= 0.6 is 11.3 Å². The second kappa shape index (κ2) is 17.2. The molecule has 2 N–H and O–H groups in total. The van der Waals surface area contributed by atoms with Gasteiger partial charge in [0.2, 0.25) is 0 Å². The molecule has 15 heteroatoms. The molecule has 4 bridgehead atoms. The Morgan fingerprint density at radius 1 is 0.879 bits per heavy atom. The van der Waals surface area contributed by atoms with Crippen LogP contribution in [0.5, 0.6) is 5.75 Å². The van der Waals surface area contributed by atoms with Gasteiger partial charge in [-0.1, -0.05) is 53.8 Å². The lowest BCUT2D eigenvalue weighted by atomic mass is 9.49. The molecule has 66 heavy (non-hydrogen) atoms. The number of amides is 2. The maximum Gasteiger partial charge on any atom is 0.410 e. The van der Waals surface area contributed by atoms with Crippen LogP contribution in [-0.4, -0.2) is 73.3 Å². The highest BCUT2D eigenvalue weighted by atomic mass is 32.1. The zero-order valence-corrected chi connectivity index (χ0v) is 37.9. The van der Waals surface area contributed by atoms with Gasteiger partial charge >= 0.3 is 12.1 Å². The Balaban J connectivity index is 0.860. The number of thiazole rings is 1. The maximum atomic E-state index is 14.1. The van der Waals surface area contributed by atoms with E-state index in [1.807, 2.05) is 73.1 Å². The number of carbonyl (C=O) groups is 3. The predicted octanol–water partition coefficient (Wildman–Crippen LogP) is 10.3. The first-order chi connectivity index (χ1) is 32.2. The number of nitrogens with one attached hydrogen (secondary N) is 2. The van der Waals surface area contributed by atoms with Gasteiger partial charge in [-0.3, -0.25) is 19.2 Å². The van der Waals surface area contributed by atoms with Gasteiger partial charge in [0.15, 0.2) is 10.8 Å². The largest absolute Gasteiger partial charge is 0.490 e. The quantitative estimate of drug-likeness (QED) is 0.113. The second-order valence-electron chi connectivity index (χ2n) is 18.8. The van der Waals surface area contributed by atoms with Crippen LogP contribution in [0.15, 0.2) is 97.5 Å². The Morgan fingerprint density at radius 3 is 2.36 bits per heavy atom. The molecule has 12 rings (SSSR count). The Morgan fingerprint density at radius 2 is 1.62 bits per heavy atom. The van der Waals surface area contributed by atoms with Gasteiger partial charge in [0.05, 0.1) is 41.0 Å². The van der Waals surface area contributed by atoms with Crippen molar-refractivity contribution >= 4 is 61.8 Å². The number of hydrogen-bond donors (Lipinski definition) is 2. The van der Waals surface area contributed by atoms with Crippen molar-refractivity contribution in [3.63, 3.8) is 0 Å². The van der Waals surface area contributed by atoms with Crippen LogP contribution in [0.1, 0.15) is 83.3 Å². The molecule has 4 aromatic heterocycles. The van der Waals surface area contributed by atoms with E-state index in [0.29, 0.717) is 76.1 Å². The molecule has 2 amide bonds. The number of carbonyl (C=O) groups excluding carboxylic acids is 3. The number of aromatic nitrogens is 5. The number of pyridine rings is 1. The molecule has 5 fully saturated rings. The van der Waals surface area contributed by atoms with Gasteiger partial charge in [-0.25, -0.2) is 19.6 Å². The van der Waals surface area contributed by atoms with E-state index >= 15 is 0 Å². The number of piperidine rings is 1. The molecule has 4 saturated carbocycles. The number of imidazole rings is 1. The molecule has 7 aromatic rings. The summed E-state index contributed by atoms with van der Waals surface area (Å²) < 4.78 is 22.4. The van der Waals surface area contributed by atoms with Crippen molar-refractivity contribution in [2.45, 2.75) is 77.5 Å². The van der Waals surface area contributed by atoms with Crippen molar-refractivity contribution in [1.82, 2.24) is 29.0 Å². The zero-order chi connectivity index (χ0) is 44.9. The first-order valence-corrected chi connectivity index (χ1v) is 23.8. The van der Waals surface area contributed by atoms with Gasteiger partial charge in [0.25, 0.3) is 5.91 Å². The summed E-state index contributed by atoms with van der Waals surface area (Å²) in [5.41, 5.74) is 6.14. The van der Waals surface area contributed by atoms with Gasteiger partial charge in [-0.05, 0) is 105 Å². The summed E-state index contributed by atoms with van der Waals surface area (Å²) in [7, 11) is 1.38. The minimum absolute atomic E-state index is 0.171. The van der Waals surface area contributed by atoms with Crippen LogP contribution in [0.4, 0.5) is 21.4 Å². The van der Waals surface area contributed by atoms with Crippen molar-refractivity contribution < 1.29 is 28.6 Å². The van der Waals surface area contributed by atoms with E-state index in [0.717, 1.165) is 51.3 Å². The normalized spacial score (nSPS) is 21.3. The van der Waals surface area contributed by atoms with Crippen LogP contribution in [0, 0.1) is 30.1 Å². The smallest absolute Gasteiger partial charge is 0.410 e. The Hall–Kier alpha value is -6.74. The molecular formula is C51H52N8O6S. The summed E-state index contributed by atoms with van der Waals surface area (Å²) in [6.45, 7) is 4.18. The number of hydrogen-bond acceptors (Lipinski definition) is 11. The third kappa shape index (κ3) is 8.14. The molecule has 3 aromatic carbocycles. The highest BCUT2D eigenvalue weighted by molar-refractivity contribution is 7.22. The van der Waals surface area contributed by atoms with Crippen molar-refractivity contribution in [3.8, 4) is 16.9 Å². The number of para-hydroxylation sites is 1. The number of nitrogens with zero attached hydrogens (tertiary/aromatic N) is 6. The van der Waals surface area contributed by atoms with E-state index in [9.17, 15) is 14.4 Å². The Kier molecular flexibility index (Phi) is 11.0. The average Bonchev–Trinajstić information content (AvgIpc) is 4.03. The number of benzene rings is 3. The molecule has 5 heterocycles. The standard InChI is InChI=1S/C51H52N8O6S/c1-31-40(27-53-59(31)30-51-24-33-20-34(25-51)22-35(21-33)26-51)38-16-19-58-44(28-52-46(58)45(38)48(61)63-2)54-42-23-37(12-13-39(42)47(60)56-49-55-41-10-6-7-11-43(41)66-49)65-36-14-17-57(18-15-36)50(62)64-29-32-8-4-3-5-9-32/h3-13,16,19,23,27-28,33-36,54H,14-15,17-18,20-22,24-26,29-30H2,1-2H3,(H,55,56,60). The monoisotopic (exact) mass is 904 g/mol. The van der Waals surface area contributed by atoms with Gasteiger partial charge in [0, 0.05) is 61.6 Å². The minimum Gasteiger partial charge on any atom is -0.490 e. The number of fused-ring (bicyclic) bond motifs is 2. The highest BCUT2D eigenvalue weighted by Crippen LogP contribution is 2.60. The zero-order valence-electron chi connectivity index (χ0n) is 37.1. The molecule has 1 saturated heterocycles. The van der Waals surface area contributed by atoms with Crippen molar-refractivity contribution in [1.29, 1.82) is 0 Å². The fraction of sp³-hybridized carbons (Fsp3) is 0.373. The third-order valence-electron chi connectivity index (χ3n) is 14.3. The fourth-order valence-electron chi connectivity index (χ4n) is 11.6. The van der Waals surface area contributed by atoms with Crippen LogP contribution < -0.4 is 15.4 Å². The summed E-state index contributed by atoms with van der Waals surface area (Å²) in [6, 6.07) is 24.6. The lowest BCUT2D eigenvalue weighted by Gasteiger charge is -2.56. The summed E-state index contributed by atoms with van der Waals surface area (Å²) in [4.78, 5) is 51.8. The average molecular weight is 905 g/mol. The lowest BCUT2D eigenvalue weighted by Crippen LogP contribution is -2.48. The molecule has 0 radical (unpaired) electrons. The molecule has 0 atom stereocenters. The number of likely N-dealkylation sites (tertiary alicyclic amines) is 1. The van der Waals surface area contributed by atoms with E-state index in [1.54, 1.807) is 33.7 Å². The first-order valence-electron chi connectivity index (χ1n) is 23.0. The predicted molar refractivity (Wildman–Crippen MR) is 252 cm³/mol. The van der Waals surface area contributed by atoms with Crippen LogP contribution in [0.3, 0.4) is 0 Å². The lowest BCUT2D eigenvalue weighted by molar-refractivity contribution is -0.0638. The van der Waals surface area contributed by atoms with E-state index in [4.69, 9.17) is 24.3 Å². The molecule has 0 spiro atoms. The van der Waals surface area contributed by atoms with Gasteiger partial charge in [-0.2, -0.15) is 5.10 Å². The van der Waals surface area contributed by atoms with Crippen molar-refractivity contribution in [2.75, 3.05) is 30.8 Å².